The summed E-state index contributed by atoms with van der Waals surface area (Å²) in [7, 11) is 0. The Morgan fingerprint density at radius 2 is 2.20 bits per heavy atom. The number of urea groups is 1. The average Bonchev–Trinajstić information content (AvgIpc) is 2.43. The molecule has 0 saturated carbocycles. The van der Waals surface area contributed by atoms with Crippen molar-refractivity contribution < 1.29 is 19.1 Å². The molecule has 1 aromatic carbocycles. The number of piperidine rings is 1. The quantitative estimate of drug-likeness (QED) is 0.882. The third kappa shape index (κ3) is 3.39. The van der Waals surface area contributed by atoms with Crippen molar-refractivity contribution in [2.45, 2.75) is 12.8 Å². The Morgan fingerprint density at radius 1 is 1.45 bits per heavy atom. The number of carbonyl (C=O) groups excluding carboxylic acids is 1. The van der Waals surface area contributed by atoms with Gasteiger partial charge in [0.15, 0.2) is 0 Å². The van der Waals surface area contributed by atoms with Gasteiger partial charge in [0.1, 0.15) is 5.82 Å². The number of halogens is 2. The zero-order chi connectivity index (χ0) is 14.7. The number of hydrogen-bond donors (Lipinski definition) is 2. The molecular formula is C13H14ClFN2O3. The molecule has 1 saturated heterocycles. The number of carbonyl (C=O) groups is 2. The molecule has 1 atom stereocenters. The van der Waals surface area contributed by atoms with Gasteiger partial charge >= 0.3 is 12.0 Å². The van der Waals surface area contributed by atoms with Gasteiger partial charge in [0, 0.05) is 13.1 Å². The summed E-state index contributed by atoms with van der Waals surface area (Å²) >= 11 is 5.86. The molecule has 0 radical (unpaired) electrons. The molecule has 5 nitrogen and oxygen atoms in total. The molecule has 1 unspecified atom stereocenters. The van der Waals surface area contributed by atoms with E-state index in [1.165, 1.54) is 17.0 Å². The number of aliphatic carboxylic acids is 1. The van der Waals surface area contributed by atoms with Crippen LogP contribution in [0.3, 0.4) is 0 Å². The number of rotatable bonds is 2. The first-order chi connectivity index (χ1) is 9.47. The van der Waals surface area contributed by atoms with Crippen LogP contribution in [-0.2, 0) is 4.79 Å². The molecule has 2 rings (SSSR count). The molecule has 2 N–H and O–H groups in total. The van der Waals surface area contributed by atoms with Crippen molar-refractivity contribution in [2.24, 2.45) is 5.92 Å². The summed E-state index contributed by atoms with van der Waals surface area (Å²) in [4.78, 5) is 24.4. The highest BCUT2D eigenvalue weighted by molar-refractivity contribution is 6.33. The van der Waals surface area contributed by atoms with Crippen LogP contribution in [0.15, 0.2) is 18.2 Å². The Labute approximate surface area is 120 Å². The van der Waals surface area contributed by atoms with Gasteiger partial charge in [-0.1, -0.05) is 11.6 Å². The Kier molecular flexibility index (Phi) is 4.44. The van der Waals surface area contributed by atoms with Crippen LogP contribution < -0.4 is 5.32 Å². The molecular weight excluding hydrogens is 287 g/mol. The fourth-order valence-corrected chi connectivity index (χ4v) is 2.32. The molecule has 1 aliphatic heterocycles. The lowest BCUT2D eigenvalue weighted by atomic mass is 9.99. The van der Waals surface area contributed by atoms with Gasteiger partial charge in [0.25, 0.3) is 0 Å². The van der Waals surface area contributed by atoms with Crippen LogP contribution in [-0.4, -0.2) is 35.1 Å². The molecule has 0 spiro atoms. The first-order valence-electron chi connectivity index (χ1n) is 6.21. The van der Waals surface area contributed by atoms with E-state index in [0.717, 1.165) is 6.07 Å². The summed E-state index contributed by atoms with van der Waals surface area (Å²) in [5, 5.41) is 11.7. The maximum absolute atomic E-state index is 13.1. The summed E-state index contributed by atoms with van der Waals surface area (Å²) in [5.41, 5.74) is 0.175. The van der Waals surface area contributed by atoms with Crippen molar-refractivity contribution in [3.63, 3.8) is 0 Å². The summed E-state index contributed by atoms with van der Waals surface area (Å²) in [6.45, 7) is 0.622. The lowest BCUT2D eigenvalue weighted by Crippen LogP contribution is -2.44. The third-order valence-electron chi connectivity index (χ3n) is 3.23. The number of amides is 2. The minimum Gasteiger partial charge on any atom is -0.481 e. The molecule has 0 aliphatic carbocycles. The van der Waals surface area contributed by atoms with Crippen LogP contribution in [0, 0.1) is 11.7 Å². The van der Waals surface area contributed by atoms with Crippen LogP contribution in [0.2, 0.25) is 5.02 Å². The second-order valence-corrected chi connectivity index (χ2v) is 5.08. The van der Waals surface area contributed by atoms with Crippen molar-refractivity contribution in [1.82, 2.24) is 4.90 Å². The second-order valence-electron chi connectivity index (χ2n) is 4.68. The molecule has 0 bridgehead atoms. The van der Waals surface area contributed by atoms with Crippen LogP contribution in [0.5, 0.6) is 0 Å². The Balaban J connectivity index is 2.04. The third-order valence-corrected chi connectivity index (χ3v) is 3.56. The van der Waals surface area contributed by atoms with Crippen LogP contribution in [0.1, 0.15) is 12.8 Å². The first kappa shape index (κ1) is 14.6. The Bertz CT molecular complexity index is 538. The van der Waals surface area contributed by atoms with Crippen LogP contribution in [0.4, 0.5) is 14.9 Å². The largest absolute Gasteiger partial charge is 0.481 e. The smallest absolute Gasteiger partial charge is 0.321 e. The van der Waals surface area contributed by atoms with E-state index in [2.05, 4.69) is 5.32 Å². The number of benzene rings is 1. The average molecular weight is 301 g/mol. The number of hydrogen-bond acceptors (Lipinski definition) is 2. The highest BCUT2D eigenvalue weighted by atomic mass is 35.5. The fourth-order valence-electron chi connectivity index (χ4n) is 2.15. The first-order valence-corrected chi connectivity index (χ1v) is 6.59. The van der Waals surface area contributed by atoms with Gasteiger partial charge in [-0.15, -0.1) is 0 Å². The molecule has 2 amide bonds. The molecule has 1 heterocycles. The van der Waals surface area contributed by atoms with Gasteiger partial charge < -0.3 is 15.3 Å². The highest BCUT2D eigenvalue weighted by Gasteiger charge is 2.28. The Hall–Kier alpha value is -1.82. The van der Waals surface area contributed by atoms with E-state index in [9.17, 15) is 14.0 Å². The molecule has 1 aliphatic rings. The molecule has 1 fully saturated rings. The predicted octanol–water partition coefficient (Wildman–Crippen LogP) is 2.81. The van der Waals surface area contributed by atoms with Gasteiger partial charge in [0.05, 0.1) is 16.6 Å². The lowest BCUT2D eigenvalue weighted by Gasteiger charge is -2.30. The van der Waals surface area contributed by atoms with Gasteiger partial charge in [-0.2, -0.15) is 0 Å². The van der Waals surface area contributed by atoms with Gasteiger partial charge in [-0.05, 0) is 31.0 Å². The topological polar surface area (TPSA) is 69.6 Å². The SMILES string of the molecule is O=C(O)C1CCCN(C(=O)Nc2cc(F)ccc2Cl)C1. The molecule has 20 heavy (non-hydrogen) atoms. The zero-order valence-electron chi connectivity index (χ0n) is 10.6. The van der Waals surface area contributed by atoms with E-state index in [-0.39, 0.29) is 17.3 Å². The number of carboxylic acids is 1. The van der Waals surface area contributed by atoms with Gasteiger partial charge in [0.2, 0.25) is 0 Å². The molecule has 7 heteroatoms. The van der Waals surface area contributed by atoms with Gasteiger partial charge in [-0.25, -0.2) is 9.18 Å². The fraction of sp³-hybridized carbons (Fsp3) is 0.385. The van der Waals surface area contributed by atoms with Crippen molar-refractivity contribution in [1.29, 1.82) is 0 Å². The number of likely N-dealkylation sites (tertiary alicyclic amines) is 1. The van der Waals surface area contributed by atoms with Crippen molar-refractivity contribution in [2.75, 3.05) is 18.4 Å². The maximum Gasteiger partial charge on any atom is 0.321 e. The van der Waals surface area contributed by atoms with E-state index in [1.54, 1.807) is 0 Å². The van der Waals surface area contributed by atoms with Crippen LogP contribution >= 0.6 is 11.6 Å². The van der Waals surface area contributed by atoms with E-state index in [1.807, 2.05) is 0 Å². The van der Waals surface area contributed by atoms with E-state index in [0.29, 0.717) is 19.4 Å². The molecule has 0 aromatic heterocycles. The maximum atomic E-state index is 13.1. The monoisotopic (exact) mass is 300 g/mol. The summed E-state index contributed by atoms with van der Waals surface area (Å²) in [6, 6.07) is 3.20. The Morgan fingerprint density at radius 3 is 2.90 bits per heavy atom. The van der Waals surface area contributed by atoms with E-state index in [4.69, 9.17) is 16.7 Å². The number of anilines is 1. The van der Waals surface area contributed by atoms with E-state index < -0.39 is 23.7 Å². The number of nitrogens with one attached hydrogen (secondary N) is 1. The van der Waals surface area contributed by atoms with Crippen LogP contribution in [0.25, 0.3) is 0 Å². The lowest BCUT2D eigenvalue weighted by molar-refractivity contribution is -0.143. The number of carboxylic acid groups (broad SMARTS) is 1. The van der Waals surface area contributed by atoms with Crippen molar-refractivity contribution >= 4 is 29.3 Å². The zero-order valence-corrected chi connectivity index (χ0v) is 11.4. The highest BCUT2D eigenvalue weighted by Crippen LogP contribution is 2.24. The standard InChI is InChI=1S/C13H14ClFN2O3/c14-10-4-3-9(15)6-11(10)16-13(20)17-5-1-2-8(7-17)12(18)19/h3-4,6,8H,1-2,5,7H2,(H,16,20)(H,18,19). The summed E-state index contributed by atoms with van der Waals surface area (Å²) < 4.78 is 13.1. The molecule has 1 aromatic rings. The van der Waals surface area contributed by atoms with Gasteiger partial charge in [-0.3, -0.25) is 4.79 Å². The van der Waals surface area contributed by atoms with Crippen molar-refractivity contribution in [3.8, 4) is 0 Å². The summed E-state index contributed by atoms with van der Waals surface area (Å²) in [6.07, 6.45) is 1.18. The minimum atomic E-state index is -0.911. The summed E-state index contributed by atoms with van der Waals surface area (Å²) in [5.74, 6) is -1.98. The minimum absolute atomic E-state index is 0.147. The second kappa shape index (κ2) is 6.09. The van der Waals surface area contributed by atoms with Crippen molar-refractivity contribution in [3.05, 3.63) is 29.0 Å². The predicted molar refractivity (Wildman–Crippen MR) is 72.4 cm³/mol. The normalized spacial score (nSPS) is 18.7. The van der Waals surface area contributed by atoms with E-state index >= 15 is 0 Å². The molecule has 108 valence electrons. The number of nitrogens with zero attached hydrogens (tertiary/aromatic N) is 1.